The van der Waals surface area contributed by atoms with E-state index in [2.05, 4.69) is 16.2 Å². The van der Waals surface area contributed by atoms with Crippen molar-refractivity contribution in [3.8, 4) is 5.69 Å². The Morgan fingerprint density at radius 3 is 2.89 bits per heavy atom. The second-order valence-corrected chi connectivity index (χ2v) is 5.08. The fourth-order valence-corrected chi connectivity index (χ4v) is 2.71. The zero-order valence-corrected chi connectivity index (χ0v) is 10.9. The van der Waals surface area contributed by atoms with Gasteiger partial charge in [0.25, 0.3) is 0 Å². The number of aliphatic hydroxyl groups excluding tert-OH is 1. The van der Waals surface area contributed by atoms with Crippen molar-refractivity contribution >= 4 is 0 Å². The van der Waals surface area contributed by atoms with Gasteiger partial charge < -0.3 is 5.11 Å². The molecule has 2 aromatic rings. The van der Waals surface area contributed by atoms with Gasteiger partial charge in [0.15, 0.2) is 0 Å². The maximum absolute atomic E-state index is 9.34. The maximum Gasteiger partial charge on any atom is 0.0645 e. The van der Waals surface area contributed by atoms with E-state index in [1.807, 2.05) is 41.2 Å². The number of hydrogen-bond acceptors (Lipinski definition) is 3. The molecule has 1 aliphatic heterocycles. The predicted molar refractivity (Wildman–Crippen MR) is 74.1 cm³/mol. The van der Waals surface area contributed by atoms with Crippen LogP contribution in [0.5, 0.6) is 0 Å². The van der Waals surface area contributed by atoms with Crippen LogP contribution in [0, 0.1) is 0 Å². The molecule has 1 aromatic heterocycles. The highest BCUT2D eigenvalue weighted by molar-refractivity contribution is 5.30. The monoisotopic (exact) mass is 257 g/mol. The molecule has 0 saturated carbocycles. The first-order valence-corrected chi connectivity index (χ1v) is 6.80. The van der Waals surface area contributed by atoms with Gasteiger partial charge in [-0.05, 0) is 31.5 Å². The van der Waals surface area contributed by atoms with Gasteiger partial charge in [-0.25, -0.2) is 4.68 Å². The van der Waals surface area contributed by atoms with Crippen LogP contribution in [0.4, 0.5) is 0 Å². The predicted octanol–water partition coefficient (Wildman–Crippen LogP) is 1.83. The molecule has 0 bridgehead atoms. The molecule has 1 aliphatic rings. The molecule has 3 rings (SSSR count). The molecule has 100 valence electrons. The minimum atomic E-state index is 0.257. The summed E-state index contributed by atoms with van der Waals surface area (Å²) < 4.78 is 1.90. The van der Waals surface area contributed by atoms with Crippen molar-refractivity contribution < 1.29 is 5.11 Å². The van der Waals surface area contributed by atoms with Crippen molar-refractivity contribution in [1.82, 2.24) is 14.7 Å². The highest BCUT2D eigenvalue weighted by Gasteiger charge is 2.23. The molecule has 0 radical (unpaired) electrons. The van der Waals surface area contributed by atoms with Gasteiger partial charge in [-0.1, -0.05) is 18.2 Å². The third kappa shape index (κ3) is 2.69. The minimum absolute atomic E-state index is 0.257. The lowest BCUT2D eigenvalue weighted by Gasteiger charge is -2.21. The fourth-order valence-electron chi connectivity index (χ4n) is 2.71. The lowest BCUT2D eigenvalue weighted by molar-refractivity contribution is 0.153. The van der Waals surface area contributed by atoms with Gasteiger partial charge in [-0.2, -0.15) is 5.10 Å². The van der Waals surface area contributed by atoms with Crippen LogP contribution in [0.1, 0.15) is 18.4 Å². The summed E-state index contributed by atoms with van der Waals surface area (Å²) in [6.45, 7) is 2.20. The second kappa shape index (κ2) is 5.55. The second-order valence-electron chi connectivity index (χ2n) is 5.08. The van der Waals surface area contributed by atoms with Crippen molar-refractivity contribution in [2.24, 2.45) is 0 Å². The van der Waals surface area contributed by atoms with Crippen molar-refractivity contribution in [2.45, 2.75) is 25.4 Å². The summed E-state index contributed by atoms with van der Waals surface area (Å²) >= 11 is 0. The van der Waals surface area contributed by atoms with Gasteiger partial charge in [-0.15, -0.1) is 0 Å². The molecule has 1 aromatic carbocycles. The fraction of sp³-hybridized carbons (Fsp3) is 0.400. The van der Waals surface area contributed by atoms with Crippen molar-refractivity contribution in [3.63, 3.8) is 0 Å². The number of para-hydroxylation sites is 1. The molecule has 1 atom stereocenters. The van der Waals surface area contributed by atoms with Crippen molar-refractivity contribution in [3.05, 3.63) is 48.3 Å². The third-order valence-corrected chi connectivity index (χ3v) is 3.75. The lowest BCUT2D eigenvalue weighted by Crippen LogP contribution is -2.31. The SMILES string of the molecule is OC[C@@H]1CCCN1Cc1cnn(-c2ccccc2)c1. The Morgan fingerprint density at radius 2 is 2.11 bits per heavy atom. The standard InChI is InChI=1S/C15H19N3O/c19-12-15-7-4-8-17(15)10-13-9-16-18(11-13)14-5-2-1-3-6-14/h1-3,5-6,9,11,15,19H,4,7-8,10,12H2/t15-/m0/s1. The van der Waals surface area contributed by atoms with Gasteiger partial charge in [0.05, 0.1) is 18.5 Å². The van der Waals surface area contributed by atoms with Crippen LogP contribution in [-0.2, 0) is 6.54 Å². The van der Waals surface area contributed by atoms with Crippen molar-refractivity contribution in [1.29, 1.82) is 0 Å². The van der Waals surface area contributed by atoms with Crippen molar-refractivity contribution in [2.75, 3.05) is 13.2 Å². The highest BCUT2D eigenvalue weighted by atomic mass is 16.3. The first kappa shape index (κ1) is 12.4. The van der Waals surface area contributed by atoms with Crippen LogP contribution in [0.25, 0.3) is 5.69 Å². The topological polar surface area (TPSA) is 41.3 Å². The quantitative estimate of drug-likeness (QED) is 0.908. The van der Waals surface area contributed by atoms with Gasteiger partial charge in [0, 0.05) is 24.3 Å². The molecule has 1 saturated heterocycles. The van der Waals surface area contributed by atoms with Crippen LogP contribution in [0.15, 0.2) is 42.7 Å². The van der Waals surface area contributed by atoms with Crippen LogP contribution in [-0.4, -0.2) is 39.0 Å². The molecule has 0 amide bonds. The van der Waals surface area contributed by atoms with E-state index >= 15 is 0 Å². The normalized spacial score (nSPS) is 19.9. The Kier molecular flexibility index (Phi) is 3.62. The van der Waals surface area contributed by atoms with E-state index < -0.39 is 0 Å². The number of rotatable bonds is 4. The molecule has 0 spiro atoms. The average Bonchev–Trinajstić information content (AvgIpc) is 3.09. The van der Waals surface area contributed by atoms with Crippen LogP contribution >= 0.6 is 0 Å². The van der Waals surface area contributed by atoms with Crippen LogP contribution in [0.3, 0.4) is 0 Å². The minimum Gasteiger partial charge on any atom is -0.395 e. The van der Waals surface area contributed by atoms with Gasteiger partial charge in [0.1, 0.15) is 0 Å². The summed E-state index contributed by atoms with van der Waals surface area (Å²) in [5.41, 5.74) is 2.28. The summed E-state index contributed by atoms with van der Waals surface area (Å²) in [4.78, 5) is 2.34. The lowest BCUT2D eigenvalue weighted by atomic mass is 10.2. The number of hydrogen-bond donors (Lipinski definition) is 1. The number of nitrogens with zero attached hydrogens (tertiary/aromatic N) is 3. The zero-order chi connectivity index (χ0) is 13.1. The molecular weight excluding hydrogens is 238 g/mol. The number of aromatic nitrogens is 2. The Labute approximate surface area is 113 Å². The van der Waals surface area contributed by atoms with Gasteiger partial charge >= 0.3 is 0 Å². The molecule has 2 heterocycles. The van der Waals surface area contributed by atoms with Gasteiger partial charge in [0.2, 0.25) is 0 Å². The summed E-state index contributed by atoms with van der Waals surface area (Å²) in [5, 5.41) is 13.7. The van der Waals surface area contributed by atoms with E-state index in [1.54, 1.807) is 0 Å². The molecule has 0 unspecified atom stereocenters. The maximum atomic E-state index is 9.34. The van der Waals surface area contributed by atoms with E-state index in [1.165, 1.54) is 12.0 Å². The van der Waals surface area contributed by atoms with E-state index in [9.17, 15) is 5.11 Å². The van der Waals surface area contributed by atoms with E-state index in [0.717, 1.165) is 25.2 Å². The van der Waals surface area contributed by atoms with E-state index in [0.29, 0.717) is 6.04 Å². The number of likely N-dealkylation sites (tertiary alicyclic amines) is 1. The molecule has 4 heteroatoms. The average molecular weight is 257 g/mol. The first-order chi connectivity index (χ1) is 9.36. The molecule has 4 nitrogen and oxygen atoms in total. The van der Waals surface area contributed by atoms with Crippen LogP contribution < -0.4 is 0 Å². The van der Waals surface area contributed by atoms with Gasteiger partial charge in [-0.3, -0.25) is 4.90 Å². The summed E-state index contributed by atoms with van der Waals surface area (Å²) in [6, 6.07) is 10.4. The largest absolute Gasteiger partial charge is 0.395 e. The Morgan fingerprint density at radius 1 is 1.26 bits per heavy atom. The zero-order valence-electron chi connectivity index (χ0n) is 10.9. The third-order valence-electron chi connectivity index (χ3n) is 3.75. The van der Waals surface area contributed by atoms with E-state index in [-0.39, 0.29) is 6.61 Å². The molecular formula is C15H19N3O. The molecule has 19 heavy (non-hydrogen) atoms. The first-order valence-electron chi connectivity index (χ1n) is 6.80. The Hall–Kier alpha value is -1.65. The number of aliphatic hydroxyl groups is 1. The summed E-state index contributed by atoms with van der Waals surface area (Å²) in [5.74, 6) is 0. The van der Waals surface area contributed by atoms with Crippen LogP contribution in [0.2, 0.25) is 0 Å². The Balaban J connectivity index is 1.72. The highest BCUT2D eigenvalue weighted by Crippen LogP contribution is 2.19. The number of benzene rings is 1. The van der Waals surface area contributed by atoms with E-state index in [4.69, 9.17) is 0 Å². The smallest absolute Gasteiger partial charge is 0.0645 e. The molecule has 1 N–H and O–H groups in total. The summed E-state index contributed by atoms with van der Waals surface area (Å²) in [7, 11) is 0. The molecule has 0 aliphatic carbocycles. The molecule has 1 fully saturated rings. The summed E-state index contributed by atoms with van der Waals surface area (Å²) in [6.07, 6.45) is 6.27. The Bertz CT molecular complexity index is 523.